The molecular formula is C17H20F3NO4S. The molecule has 2 aliphatic rings. The van der Waals surface area contributed by atoms with Crippen LogP contribution in [-0.4, -0.2) is 50.3 Å². The zero-order valence-electron chi connectivity index (χ0n) is 14.4. The van der Waals surface area contributed by atoms with Crippen molar-refractivity contribution in [1.29, 1.82) is 0 Å². The van der Waals surface area contributed by atoms with Gasteiger partial charge in [0, 0.05) is 23.4 Å². The van der Waals surface area contributed by atoms with Crippen molar-refractivity contribution in [3.63, 3.8) is 0 Å². The van der Waals surface area contributed by atoms with Crippen LogP contribution in [0.4, 0.5) is 13.2 Å². The van der Waals surface area contributed by atoms with E-state index < -0.39 is 40.5 Å². The molecule has 0 spiro atoms. The predicted molar refractivity (Wildman–Crippen MR) is 88.2 cm³/mol. The Hall–Kier alpha value is -1.61. The SMILES string of the molecule is CC1(C)Oc2ccc(S(=O)CC(F)(F)F)cc2C(N2CCCC2=O)C1O. The molecule has 1 aromatic rings. The normalized spacial score (nSPS) is 26.4. The summed E-state index contributed by atoms with van der Waals surface area (Å²) in [5.74, 6) is -1.20. The van der Waals surface area contributed by atoms with E-state index in [1.165, 1.54) is 23.1 Å². The van der Waals surface area contributed by atoms with E-state index in [2.05, 4.69) is 0 Å². The van der Waals surface area contributed by atoms with Crippen molar-refractivity contribution in [3.8, 4) is 5.75 Å². The summed E-state index contributed by atoms with van der Waals surface area (Å²) in [6, 6.07) is 3.40. The predicted octanol–water partition coefficient (Wildman–Crippen LogP) is 2.55. The Morgan fingerprint density at radius 3 is 2.65 bits per heavy atom. The zero-order valence-corrected chi connectivity index (χ0v) is 15.2. The quantitative estimate of drug-likeness (QED) is 0.860. The minimum atomic E-state index is -4.55. The average Bonchev–Trinajstić information content (AvgIpc) is 2.92. The van der Waals surface area contributed by atoms with Crippen molar-refractivity contribution in [1.82, 2.24) is 4.90 Å². The molecule has 0 saturated carbocycles. The fourth-order valence-electron chi connectivity index (χ4n) is 3.42. The fraction of sp³-hybridized carbons (Fsp3) is 0.588. The van der Waals surface area contributed by atoms with E-state index in [-0.39, 0.29) is 10.8 Å². The number of hydrogen-bond donors (Lipinski definition) is 1. The van der Waals surface area contributed by atoms with Gasteiger partial charge in [-0.05, 0) is 38.5 Å². The standard InChI is InChI=1S/C17H20F3NO4S/c1-16(2)15(23)14(21-7-3-4-13(21)22)11-8-10(5-6-12(11)25-16)26(24)9-17(18,19)20/h5-6,8,14-15,23H,3-4,7,9H2,1-2H3. The Balaban J connectivity index is 2.03. The Morgan fingerprint density at radius 1 is 1.38 bits per heavy atom. The van der Waals surface area contributed by atoms with Crippen LogP contribution in [0, 0.1) is 0 Å². The van der Waals surface area contributed by atoms with Crippen molar-refractivity contribution < 1.29 is 32.0 Å². The summed E-state index contributed by atoms with van der Waals surface area (Å²) in [7, 11) is -2.27. The van der Waals surface area contributed by atoms with E-state index in [1.807, 2.05) is 0 Å². The minimum absolute atomic E-state index is 0.00627. The summed E-state index contributed by atoms with van der Waals surface area (Å²) in [5.41, 5.74) is -0.590. The molecule has 1 saturated heterocycles. The second kappa shape index (κ2) is 6.53. The Morgan fingerprint density at radius 2 is 2.08 bits per heavy atom. The largest absolute Gasteiger partial charge is 0.485 e. The molecule has 9 heteroatoms. The van der Waals surface area contributed by atoms with E-state index in [0.717, 1.165) is 0 Å². The molecule has 5 nitrogen and oxygen atoms in total. The second-order valence-corrected chi connectivity index (χ2v) is 8.54. The molecule has 0 radical (unpaired) electrons. The van der Waals surface area contributed by atoms with E-state index in [4.69, 9.17) is 4.74 Å². The van der Waals surface area contributed by atoms with Gasteiger partial charge in [-0.1, -0.05) is 0 Å². The first-order chi connectivity index (χ1) is 12.0. The number of nitrogens with zero attached hydrogens (tertiary/aromatic N) is 1. The maximum absolute atomic E-state index is 12.6. The lowest BCUT2D eigenvalue weighted by atomic mass is 9.85. The van der Waals surface area contributed by atoms with Crippen LogP contribution in [-0.2, 0) is 15.6 Å². The third kappa shape index (κ3) is 3.59. The van der Waals surface area contributed by atoms with Crippen LogP contribution in [0.2, 0.25) is 0 Å². The number of ether oxygens (including phenoxy) is 1. The van der Waals surface area contributed by atoms with Gasteiger partial charge in [-0.2, -0.15) is 13.2 Å². The van der Waals surface area contributed by atoms with Crippen LogP contribution in [0.5, 0.6) is 5.75 Å². The summed E-state index contributed by atoms with van der Waals surface area (Å²) >= 11 is 0. The Kier molecular flexibility index (Phi) is 4.81. The van der Waals surface area contributed by atoms with Gasteiger partial charge in [0.2, 0.25) is 5.91 Å². The van der Waals surface area contributed by atoms with Crippen molar-refractivity contribution >= 4 is 16.7 Å². The molecule has 1 N–H and O–H groups in total. The summed E-state index contributed by atoms with van der Waals surface area (Å²) < 4.78 is 55.5. The molecule has 26 heavy (non-hydrogen) atoms. The van der Waals surface area contributed by atoms with Crippen LogP contribution in [0.25, 0.3) is 0 Å². The molecule has 144 valence electrons. The number of aliphatic hydroxyl groups is 1. The molecule has 0 bridgehead atoms. The summed E-state index contributed by atoms with van der Waals surface area (Å²) in [5, 5.41) is 10.8. The van der Waals surface area contributed by atoms with Gasteiger partial charge >= 0.3 is 6.18 Å². The molecule has 3 atom stereocenters. The monoisotopic (exact) mass is 391 g/mol. The lowest BCUT2D eigenvalue weighted by Crippen LogP contribution is -2.53. The third-order valence-electron chi connectivity index (χ3n) is 4.69. The number of carbonyl (C=O) groups is 1. The first-order valence-electron chi connectivity index (χ1n) is 8.25. The van der Waals surface area contributed by atoms with Crippen molar-refractivity contribution in [2.45, 2.75) is 55.5 Å². The molecule has 3 rings (SSSR count). The van der Waals surface area contributed by atoms with Gasteiger partial charge in [0.15, 0.2) is 0 Å². The number of amides is 1. The molecular weight excluding hydrogens is 371 g/mol. The molecule has 0 aliphatic carbocycles. The topological polar surface area (TPSA) is 66.8 Å². The van der Waals surface area contributed by atoms with E-state index in [1.54, 1.807) is 13.8 Å². The van der Waals surface area contributed by atoms with Gasteiger partial charge in [-0.3, -0.25) is 9.00 Å². The average molecular weight is 391 g/mol. The fourth-order valence-corrected chi connectivity index (χ4v) is 4.36. The minimum Gasteiger partial charge on any atom is -0.485 e. The van der Waals surface area contributed by atoms with Gasteiger partial charge in [-0.15, -0.1) is 0 Å². The Labute approximate surface area is 151 Å². The summed E-state index contributed by atoms with van der Waals surface area (Å²) in [6.07, 6.45) is -4.61. The number of aliphatic hydroxyl groups excluding tert-OH is 1. The van der Waals surface area contributed by atoms with Gasteiger partial charge in [0.1, 0.15) is 23.2 Å². The number of carbonyl (C=O) groups excluding carboxylic acids is 1. The maximum Gasteiger partial charge on any atom is 0.400 e. The van der Waals surface area contributed by atoms with Crippen molar-refractivity contribution in [3.05, 3.63) is 23.8 Å². The van der Waals surface area contributed by atoms with E-state index >= 15 is 0 Å². The van der Waals surface area contributed by atoms with Crippen LogP contribution in [0.1, 0.15) is 38.3 Å². The number of rotatable bonds is 3. The lowest BCUT2D eigenvalue weighted by molar-refractivity contribution is -0.139. The Bertz CT molecular complexity index is 750. The highest BCUT2D eigenvalue weighted by molar-refractivity contribution is 7.85. The van der Waals surface area contributed by atoms with Crippen LogP contribution >= 0.6 is 0 Å². The van der Waals surface area contributed by atoms with Gasteiger partial charge in [0.05, 0.1) is 16.8 Å². The summed E-state index contributed by atoms with van der Waals surface area (Å²) in [4.78, 5) is 13.7. The second-order valence-electron chi connectivity index (χ2n) is 7.09. The lowest BCUT2D eigenvalue weighted by Gasteiger charge is -2.45. The van der Waals surface area contributed by atoms with Crippen LogP contribution in [0.15, 0.2) is 23.1 Å². The highest BCUT2D eigenvalue weighted by Gasteiger charge is 2.47. The van der Waals surface area contributed by atoms with E-state index in [0.29, 0.717) is 30.7 Å². The van der Waals surface area contributed by atoms with Crippen molar-refractivity contribution in [2.24, 2.45) is 0 Å². The van der Waals surface area contributed by atoms with Gasteiger partial charge < -0.3 is 14.7 Å². The molecule has 2 aliphatic heterocycles. The first kappa shape index (κ1) is 19.2. The van der Waals surface area contributed by atoms with Gasteiger partial charge in [0.25, 0.3) is 0 Å². The molecule has 2 heterocycles. The number of halogens is 3. The number of hydrogen-bond acceptors (Lipinski definition) is 4. The van der Waals surface area contributed by atoms with E-state index in [9.17, 15) is 27.3 Å². The molecule has 3 unspecified atom stereocenters. The number of alkyl halides is 3. The molecule has 0 aromatic heterocycles. The van der Waals surface area contributed by atoms with Gasteiger partial charge in [-0.25, -0.2) is 0 Å². The third-order valence-corrected chi connectivity index (χ3v) is 6.06. The summed E-state index contributed by atoms with van der Waals surface area (Å²) in [6.45, 7) is 3.82. The maximum atomic E-state index is 12.6. The molecule has 1 aromatic carbocycles. The number of likely N-dealkylation sites (tertiary alicyclic amines) is 1. The van der Waals surface area contributed by atoms with Crippen molar-refractivity contribution in [2.75, 3.05) is 12.3 Å². The number of benzene rings is 1. The van der Waals surface area contributed by atoms with Crippen LogP contribution in [0.3, 0.4) is 0 Å². The molecule has 1 amide bonds. The van der Waals surface area contributed by atoms with Crippen LogP contribution < -0.4 is 4.74 Å². The first-order valence-corrected chi connectivity index (χ1v) is 9.57. The highest BCUT2D eigenvalue weighted by Crippen LogP contribution is 2.44. The zero-order chi connectivity index (χ0) is 19.3. The smallest absolute Gasteiger partial charge is 0.400 e. The number of fused-ring (bicyclic) bond motifs is 1. The molecule has 1 fully saturated rings. The highest BCUT2D eigenvalue weighted by atomic mass is 32.2.